The van der Waals surface area contributed by atoms with Gasteiger partial charge in [-0.2, -0.15) is 0 Å². The highest BCUT2D eigenvalue weighted by atomic mass is 16.5. The molecule has 0 radical (unpaired) electrons. The quantitative estimate of drug-likeness (QED) is 0.273. The van der Waals surface area contributed by atoms with E-state index >= 15 is 0 Å². The molecule has 4 rings (SSSR count). The number of nitrogens with zero attached hydrogens (tertiary/aromatic N) is 2. The van der Waals surface area contributed by atoms with Gasteiger partial charge in [-0.3, -0.25) is 19.8 Å². The minimum atomic E-state index is -0.709. The number of piperidine rings is 1. The number of benzene rings is 2. The van der Waals surface area contributed by atoms with E-state index in [1.807, 2.05) is 25.1 Å². The van der Waals surface area contributed by atoms with Gasteiger partial charge in [0.2, 0.25) is 5.91 Å². The monoisotopic (exact) mass is 532 g/mol. The maximum atomic E-state index is 13.2. The highest BCUT2D eigenvalue weighted by molar-refractivity contribution is 5.95. The van der Waals surface area contributed by atoms with Gasteiger partial charge in [0.15, 0.2) is 0 Å². The van der Waals surface area contributed by atoms with Crippen molar-refractivity contribution in [3.8, 4) is 5.75 Å². The molecule has 0 saturated carbocycles. The third kappa shape index (κ3) is 7.77. The minimum absolute atomic E-state index is 0.0307. The Labute approximate surface area is 230 Å². The van der Waals surface area contributed by atoms with Crippen LogP contribution in [0.4, 0.5) is 0 Å². The van der Waals surface area contributed by atoms with Gasteiger partial charge in [0, 0.05) is 42.7 Å². The molecule has 8 heteroatoms. The molecular formula is C31H40N4O4. The summed E-state index contributed by atoms with van der Waals surface area (Å²) in [6.07, 6.45) is 2.04. The zero-order valence-electron chi connectivity index (χ0n) is 23.4. The zero-order valence-corrected chi connectivity index (χ0v) is 23.4. The third-order valence-electron chi connectivity index (χ3n) is 7.20. The molecule has 2 heterocycles. The fourth-order valence-electron chi connectivity index (χ4n) is 5.40. The lowest BCUT2D eigenvalue weighted by Crippen LogP contribution is -2.57. The Morgan fingerprint density at radius 2 is 1.77 bits per heavy atom. The predicted molar refractivity (Wildman–Crippen MR) is 152 cm³/mol. The van der Waals surface area contributed by atoms with Crippen molar-refractivity contribution in [3.63, 3.8) is 0 Å². The average Bonchev–Trinajstić information content (AvgIpc) is 2.89. The molecule has 1 aromatic heterocycles. The molecule has 39 heavy (non-hydrogen) atoms. The largest absolute Gasteiger partial charge is 0.493 e. The smallest absolute Gasteiger partial charge is 0.251 e. The number of carbonyl (C=O) groups excluding carboxylic acids is 2. The van der Waals surface area contributed by atoms with E-state index < -0.39 is 11.4 Å². The number of hydrogen-bond acceptors (Lipinski definition) is 6. The fraction of sp³-hybridized carbons (Fsp3) is 0.452. The summed E-state index contributed by atoms with van der Waals surface area (Å²) in [7, 11) is 0. The molecule has 3 N–H and O–H groups in total. The summed E-state index contributed by atoms with van der Waals surface area (Å²) >= 11 is 0. The molecule has 0 unspecified atom stereocenters. The lowest BCUT2D eigenvalue weighted by molar-refractivity contribution is -0.131. The van der Waals surface area contributed by atoms with Crippen molar-refractivity contribution in [2.24, 2.45) is 5.41 Å². The number of carbonyl (C=O) groups is 2. The van der Waals surface area contributed by atoms with E-state index in [-0.39, 0.29) is 17.7 Å². The Balaban J connectivity index is 1.36. The molecule has 0 bridgehead atoms. The predicted octanol–water partition coefficient (Wildman–Crippen LogP) is 4.67. The van der Waals surface area contributed by atoms with Crippen LogP contribution in [0.3, 0.4) is 0 Å². The van der Waals surface area contributed by atoms with Crippen molar-refractivity contribution < 1.29 is 19.5 Å². The normalized spacial score (nSPS) is 15.6. The van der Waals surface area contributed by atoms with Crippen molar-refractivity contribution in [2.75, 3.05) is 26.2 Å². The number of amides is 2. The molecule has 2 aromatic carbocycles. The Morgan fingerprint density at radius 1 is 1.08 bits per heavy atom. The van der Waals surface area contributed by atoms with Crippen molar-refractivity contribution in [1.82, 2.24) is 20.7 Å². The molecule has 1 aliphatic rings. The first-order chi connectivity index (χ1) is 18.6. The number of ether oxygens (including phenoxy) is 1. The van der Waals surface area contributed by atoms with Gasteiger partial charge in [-0.15, -0.1) is 0 Å². The molecule has 1 fully saturated rings. The number of aromatic nitrogens is 1. The van der Waals surface area contributed by atoms with Crippen LogP contribution in [-0.4, -0.2) is 58.7 Å². The Bertz CT molecular complexity index is 1290. The summed E-state index contributed by atoms with van der Waals surface area (Å²) in [5, 5.41) is 13.4. The molecule has 1 saturated heterocycles. The fourth-order valence-corrected chi connectivity index (χ4v) is 5.40. The van der Waals surface area contributed by atoms with E-state index in [4.69, 9.17) is 9.94 Å². The maximum absolute atomic E-state index is 13.2. The van der Waals surface area contributed by atoms with Crippen molar-refractivity contribution in [1.29, 1.82) is 0 Å². The standard InChI is InChI=1S/C31H40N4O4/c1-22-19-24(26-7-5-6-8-27(26)32-22)13-18-39-25-11-9-23(10-12-25)29(37)33-31(20-28(36)34-38)14-16-35(17-15-31)21-30(2,3)4/h5-12,19,38H,13-18,20-21H2,1-4H3,(H,33,37)(H,34,36). The van der Waals surface area contributed by atoms with Crippen LogP contribution in [0.2, 0.25) is 0 Å². The summed E-state index contributed by atoms with van der Waals surface area (Å²) in [5.74, 6) is -0.0534. The van der Waals surface area contributed by atoms with E-state index in [1.165, 1.54) is 5.56 Å². The number of likely N-dealkylation sites (tertiary alicyclic amines) is 1. The molecule has 8 nitrogen and oxygen atoms in total. The van der Waals surface area contributed by atoms with Gasteiger partial charge in [-0.1, -0.05) is 39.0 Å². The van der Waals surface area contributed by atoms with Crippen LogP contribution in [0.15, 0.2) is 54.6 Å². The topological polar surface area (TPSA) is 104 Å². The number of nitrogens with one attached hydrogen (secondary N) is 2. The van der Waals surface area contributed by atoms with Crippen LogP contribution in [0.25, 0.3) is 10.9 Å². The number of rotatable bonds is 9. The number of pyridine rings is 1. The first-order valence-electron chi connectivity index (χ1n) is 13.6. The van der Waals surface area contributed by atoms with Gasteiger partial charge in [0.25, 0.3) is 5.91 Å². The molecule has 0 aliphatic carbocycles. The highest BCUT2D eigenvalue weighted by Gasteiger charge is 2.38. The van der Waals surface area contributed by atoms with Gasteiger partial charge >= 0.3 is 0 Å². The summed E-state index contributed by atoms with van der Waals surface area (Å²) in [6.45, 7) is 11.6. The third-order valence-corrected chi connectivity index (χ3v) is 7.20. The summed E-state index contributed by atoms with van der Waals surface area (Å²) in [6, 6.07) is 17.3. The van der Waals surface area contributed by atoms with Crippen LogP contribution >= 0.6 is 0 Å². The van der Waals surface area contributed by atoms with Crippen LogP contribution in [0, 0.1) is 12.3 Å². The van der Waals surface area contributed by atoms with Crippen LogP contribution in [0.5, 0.6) is 5.75 Å². The maximum Gasteiger partial charge on any atom is 0.251 e. The van der Waals surface area contributed by atoms with Crippen LogP contribution in [-0.2, 0) is 11.2 Å². The minimum Gasteiger partial charge on any atom is -0.493 e. The molecule has 0 spiro atoms. The first kappa shape index (κ1) is 28.5. The van der Waals surface area contributed by atoms with E-state index in [0.29, 0.717) is 30.8 Å². The second-order valence-corrected chi connectivity index (χ2v) is 11.8. The van der Waals surface area contributed by atoms with Crippen molar-refractivity contribution in [3.05, 3.63) is 71.4 Å². The zero-order chi connectivity index (χ0) is 28.0. The van der Waals surface area contributed by atoms with Gasteiger partial charge in [-0.05, 0) is 67.1 Å². The number of para-hydroxylation sites is 1. The highest BCUT2D eigenvalue weighted by Crippen LogP contribution is 2.29. The van der Waals surface area contributed by atoms with Crippen LogP contribution in [0.1, 0.15) is 61.6 Å². The number of hydroxylamine groups is 1. The Hall–Kier alpha value is -3.49. The molecule has 1 aliphatic heterocycles. The number of aryl methyl sites for hydroxylation is 1. The van der Waals surface area contributed by atoms with Crippen LogP contribution < -0.4 is 15.5 Å². The molecule has 2 amide bonds. The van der Waals surface area contributed by atoms with Gasteiger partial charge in [0.05, 0.1) is 24.1 Å². The second-order valence-electron chi connectivity index (χ2n) is 11.8. The molecule has 208 valence electrons. The lowest BCUT2D eigenvalue weighted by atomic mass is 9.82. The average molecular weight is 533 g/mol. The van der Waals surface area contributed by atoms with E-state index in [1.54, 1.807) is 29.7 Å². The van der Waals surface area contributed by atoms with Crippen molar-refractivity contribution in [2.45, 2.75) is 58.9 Å². The summed E-state index contributed by atoms with van der Waals surface area (Å²) in [4.78, 5) is 32.3. The lowest BCUT2D eigenvalue weighted by Gasteiger charge is -2.43. The van der Waals surface area contributed by atoms with Gasteiger partial charge < -0.3 is 15.0 Å². The van der Waals surface area contributed by atoms with E-state index in [9.17, 15) is 9.59 Å². The number of fused-ring (bicyclic) bond motifs is 1. The Kier molecular flexibility index (Phi) is 8.87. The summed E-state index contributed by atoms with van der Waals surface area (Å²) in [5.41, 5.74) is 4.84. The molecular weight excluding hydrogens is 492 g/mol. The van der Waals surface area contributed by atoms with E-state index in [0.717, 1.165) is 42.7 Å². The van der Waals surface area contributed by atoms with Gasteiger partial charge in [-0.25, -0.2) is 5.48 Å². The summed E-state index contributed by atoms with van der Waals surface area (Å²) < 4.78 is 5.98. The Morgan fingerprint density at radius 3 is 2.44 bits per heavy atom. The van der Waals surface area contributed by atoms with E-state index in [2.05, 4.69) is 48.1 Å². The first-order valence-corrected chi connectivity index (χ1v) is 13.6. The molecule has 3 aromatic rings. The van der Waals surface area contributed by atoms with Crippen molar-refractivity contribution >= 4 is 22.7 Å². The number of hydrogen-bond donors (Lipinski definition) is 3. The molecule has 0 atom stereocenters. The van der Waals surface area contributed by atoms with Gasteiger partial charge in [0.1, 0.15) is 5.75 Å². The SMILES string of the molecule is Cc1cc(CCOc2ccc(C(=O)NC3(CC(=O)NO)CCN(CC(C)(C)C)CC3)cc2)c2ccccc2n1. The second kappa shape index (κ2) is 12.1.